The van der Waals surface area contributed by atoms with Crippen LogP contribution in [0.25, 0.3) is 10.9 Å². The Morgan fingerprint density at radius 3 is 2.45 bits per heavy atom. The van der Waals surface area contributed by atoms with E-state index in [2.05, 4.69) is 0 Å². The Morgan fingerprint density at radius 1 is 1.03 bits per heavy atom. The second-order valence-electron chi connectivity index (χ2n) is 7.80. The van der Waals surface area contributed by atoms with Crippen molar-refractivity contribution in [1.82, 2.24) is 4.57 Å². The lowest BCUT2D eigenvalue weighted by atomic mass is 9.91. The van der Waals surface area contributed by atoms with Gasteiger partial charge in [0.1, 0.15) is 42.2 Å². The predicted octanol–water partition coefficient (Wildman–Crippen LogP) is 2.44. The molecule has 4 rings (SSSR count). The zero-order valence-corrected chi connectivity index (χ0v) is 17.3. The first-order valence-electron chi connectivity index (χ1n) is 9.75. The van der Waals surface area contributed by atoms with E-state index in [1.807, 2.05) is 0 Å². The molecule has 2 heterocycles. The van der Waals surface area contributed by atoms with Crippen LogP contribution in [-0.2, 0) is 11.3 Å². The van der Waals surface area contributed by atoms with Crippen LogP contribution in [0.5, 0.6) is 0 Å². The van der Waals surface area contributed by atoms with E-state index < -0.39 is 42.9 Å². The molecule has 0 amide bonds. The molecule has 1 aliphatic heterocycles. The number of benzene rings is 2. The third-order valence-corrected chi connectivity index (χ3v) is 6.04. The van der Waals surface area contributed by atoms with E-state index in [1.165, 1.54) is 24.4 Å². The van der Waals surface area contributed by atoms with E-state index in [0.29, 0.717) is 16.6 Å². The lowest BCUT2D eigenvalue weighted by Gasteiger charge is -2.40. The summed E-state index contributed by atoms with van der Waals surface area (Å²) in [7, 11) is 0. The van der Waals surface area contributed by atoms with Gasteiger partial charge in [-0.1, -0.05) is 23.7 Å². The molecule has 0 aliphatic carbocycles. The maximum absolute atomic E-state index is 14.9. The number of aliphatic hydroxyl groups is 4. The molecule has 0 unspecified atom stereocenters. The summed E-state index contributed by atoms with van der Waals surface area (Å²) < 4.78 is 36.2. The summed E-state index contributed by atoms with van der Waals surface area (Å²) in [4.78, 5) is 0. The van der Waals surface area contributed by atoms with Crippen molar-refractivity contribution < 1.29 is 33.9 Å². The van der Waals surface area contributed by atoms with Gasteiger partial charge in [0.25, 0.3) is 0 Å². The number of rotatable bonds is 4. The molecule has 2 aromatic carbocycles. The Bertz CT molecular complexity index is 1120. The Balaban J connectivity index is 1.84. The third-order valence-electron chi connectivity index (χ3n) is 5.74. The highest BCUT2D eigenvalue weighted by molar-refractivity contribution is 6.35. The first kappa shape index (κ1) is 22.1. The molecule has 0 bridgehead atoms. The van der Waals surface area contributed by atoms with Crippen LogP contribution >= 0.6 is 11.6 Å². The van der Waals surface area contributed by atoms with Crippen LogP contribution in [0.3, 0.4) is 0 Å². The minimum Gasteiger partial charge on any atom is -0.394 e. The van der Waals surface area contributed by atoms with Gasteiger partial charge in [-0.25, -0.2) is 8.78 Å². The molecule has 1 fully saturated rings. The first-order chi connectivity index (χ1) is 14.7. The van der Waals surface area contributed by atoms with Gasteiger partial charge < -0.3 is 29.7 Å². The van der Waals surface area contributed by atoms with Crippen LogP contribution in [0.2, 0.25) is 5.02 Å². The van der Waals surface area contributed by atoms with Gasteiger partial charge in [0.05, 0.1) is 17.1 Å². The van der Waals surface area contributed by atoms with Crippen molar-refractivity contribution in [2.45, 2.75) is 44.0 Å². The lowest BCUT2D eigenvalue weighted by molar-refractivity contribution is -0.231. The second kappa shape index (κ2) is 8.46. The summed E-state index contributed by atoms with van der Waals surface area (Å²) in [6, 6.07) is 7.32. The maximum atomic E-state index is 14.9. The van der Waals surface area contributed by atoms with E-state index in [-0.39, 0.29) is 28.3 Å². The average Bonchev–Trinajstić information content (AvgIpc) is 3.12. The van der Waals surface area contributed by atoms with Gasteiger partial charge in [0.15, 0.2) is 0 Å². The predicted molar refractivity (Wildman–Crippen MR) is 110 cm³/mol. The molecule has 0 spiro atoms. The SMILES string of the molecule is Cc1ccc(Cn2cc([C@@H]3O[C@H](CO)[C@@H](O)[C@H](O)[C@H]3O)c3c(F)ccc(Cl)c32)cc1F. The fourth-order valence-electron chi connectivity index (χ4n) is 4.02. The number of hydrogen-bond donors (Lipinski definition) is 4. The first-order valence-corrected chi connectivity index (χ1v) is 10.1. The molecular weight excluding hydrogens is 432 g/mol. The van der Waals surface area contributed by atoms with Gasteiger partial charge in [0.2, 0.25) is 0 Å². The zero-order valence-electron chi connectivity index (χ0n) is 16.5. The quantitative estimate of drug-likeness (QED) is 0.487. The molecule has 1 aromatic heterocycles. The summed E-state index contributed by atoms with van der Waals surface area (Å²) in [5.41, 5.74) is 1.61. The van der Waals surface area contributed by atoms with Gasteiger partial charge in [-0.05, 0) is 36.2 Å². The van der Waals surface area contributed by atoms with Crippen LogP contribution < -0.4 is 0 Å². The molecule has 0 radical (unpaired) electrons. The van der Waals surface area contributed by atoms with Crippen molar-refractivity contribution in [3.63, 3.8) is 0 Å². The minimum absolute atomic E-state index is 0.0735. The van der Waals surface area contributed by atoms with Crippen LogP contribution in [0, 0.1) is 18.6 Å². The topological polar surface area (TPSA) is 95.1 Å². The molecule has 1 aliphatic rings. The number of aromatic nitrogens is 1. The van der Waals surface area contributed by atoms with Gasteiger partial charge in [-0.3, -0.25) is 0 Å². The van der Waals surface area contributed by atoms with E-state index in [9.17, 15) is 29.2 Å². The Kier molecular flexibility index (Phi) is 6.04. The molecule has 3 aromatic rings. The fraction of sp³-hybridized carbons (Fsp3) is 0.364. The van der Waals surface area contributed by atoms with Crippen LogP contribution in [0.4, 0.5) is 8.78 Å². The molecule has 4 N–H and O–H groups in total. The highest BCUT2D eigenvalue weighted by Crippen LogP contribution is 2.40. The summed E-state index contributed by atoms with van der Waals surface area (Å²) in [6.07, 6.45) is -5.58. The third kappa shape index (κ3) is 3.84. The second-order valence-corrected chi connectivity index (χ2v) is 8.21. The fourth-order valence-corrected chi connectivity index (χ4v) is 4.29. The number of nitrogens with zero attached hydrogens (tertiary/aromatic N) is 1. The van der Waals surface area contributed by atoms with Crippen LogP contribution in [0.15, 0.2) is 36.5 Å². The van der Waals surface area contributed by atoms with Gasteiger partial charge in [-0.2, -0.15) is 0 Å². The van der Waals surface area contributed by atoms with Gasteiger partial charge in [-0.15, -0.1) is 0 Å². The maximum Gasteiger partial charge on any atom is 0.133 e. The monoisotopic (exact) mass is 453 g/mol. The molecule has 1 saturated heterocycles. The number of hydrogen-bond acceptors (Lipinski definition) is 5. The Labute approximate surface area is 181 Å². The van der Waals surface area contributed by atoms with Crippen molar-refractivity contribution in [3.8, 4) is 0 Å². The summed E-state index contributed by atoms with van der Waals surface area (Å²) in [5, 5.41) is 40.5. The lowest BCUT2D eigenvalue weighted by Crippen LogP contribution is -2.55. The minimum atomic E-state index is -1.61. The van der Waals surface area contributed by atoms with E-state index >= 15 is 0 Å². The van der Waals surface area contributed by atoms with E-state index in [1.54, 1.807) is 23.6 Å². The van der Waals surface area contributed by atoms with Crippen molar-refractivity contribution in [2.24, 2.45) is 0 Å². The van der Waals surface area contributed by atoms with Crippen LogP contribution in [-0.4, -0.2) is 56.0 Å². The van der Waals surface area contributed by atoms with Gasteiger partial charge >= 0.3 is 0 Å². The van der Waals surface area contributed by atoms with Crippen molar-refractivity contribution >= 4 is 22.5 Å². The normalized spacial score (nSPS) is 26.5. The largest absolute Gasteiger partial charge is 0.394 e. The molecule has 0 saturated carbocycles. The Morgan fingerprint density at radius 2 is 1.77 bits per heavy atom. The van der Waals surface area contributed by atoms with E-state index in [4.69, 9.17) is 16.3 Å². The highest BCUT2D eigenvalue weighted by atomic mass is 35.5. The van der Waals surface area contributed by atoms with Crippen molar-refractivity contribution in [2.75, 3.05) is 6.61 Å². The van der Waals surface area contributed by atoms with Crippen molar-refractivity contribution in [3.05, 3.63) is 69.9 Å². The summed E-state index contributed by atoms with van der Waals surface area (Å²) in [6.45, 7) is 1.20. The number of ether oxygens (including phenoxy) is 1. The van der Waals surface area contributed by atoms with E-state index in [0.717, 1.165) is 0 Å². The van der Waals surface area contributed by atoms with Gasteiger partial charge in [0, 0.05) is 23.7 Å². The number of aliphatic hydroxyl groups excluding tert-OH is 4. The number of halogens is 3. The zero-order chi connectivity index (χ0) is 22.4. The number of fused-ring (bicyclic) bond motifs is 1. The highest BCUT2D eigenvalue weighted by Gasteiger charge is 2.45. The summed E-state index contributed by atoms with van der Waals surface area (Å²) in [5.74, 6) is -0.999. The standard InChI is InChI=1S/C22H22ClF2NO5/c1-10-2-3-11(6-15(10)25)7-26-8-12(17-14(24)5-4-13(23)18(17)26)22-21(30)20(29)19(28)16(9-27)31-22/h2-6,8,16,19-22,27-30H,7,9H2,1H3/t16-,19-,20+,21-,22+/m1/s1. The van der Waals surface area contributed by atoms with Crippen LogP contribution in [0.1, 0.15) is 22.8 Å². The molecule has 6 nitrogen and oxygen atoms in total. The number of aryl methyl sites for hydroxylation is 1. The Hall–Kier alpha value is -2.07. The molecule has 31 heavy (non-hydrogen) atoms. The molecular formula is C22H22ClF2NO5. The smallest absolute Gasteiger partial charge is 0.133 e. The average molecular weight is 454 g/mol. The molecule has 166 valence electrons. The molecule has 5 atom stereocenters. The molecule has 9 heteroatoms. The van der Waals surface area contributed by atoms with Crippen molar-refractivity contribution in [1.29, 1.82) is 0 Å². The summed E-state index contributed by atoms with van der Waals surface area (Å²) >= 11 is 6.36.